The number of ether oxygens (including phenoxy) is 1. The third-order valence-electron chi connectivity index (χ3n) is 2.78. The molecule has 2 N–H and O–H groups in total. The van der Waals surface area contributed by atoms with Crippen LogP contribution >= 0.6 is 0 Å². The summed E-state index contributed by atoms with van der Waals surface area (Å²) in [4.78, 5) is 11.9. The molecule has 0 aromatic heterocycles. The van der Waals surface area contributed by atoms with Gasteiger partial charge in [-0.05, 0) is 42.8 Å². The summed E-state index contributed by atoms with van der Waals surface area (Å²) in [7, 11) is 0. The zero-order valence-electron chi connectivity index (χ0n) is 10.8. The number of hydrogen-bond donors (Lipinski definition) is 2. The molecule has 0 aliphatic carbocycles. The molecule has 4 nitrogen and oxygen atoms in total. The topological polar surface area (TPSA) is 66.8 Å². The number of rotatable bonds is 4. The SMILES string of the molecule is Cc1cc(OCC(=O)c2ccc(O)cc2O)ccc1F. The lowest BCUT2D eigenvalue weighted by Gasteiger charge is -2.08. The Balaban J connectivity index is 2.06. The molecular formula is C15H13FO4. The average Bonchev–Trinajstić information content (AvgIpc) is 2.40. The van der Waals surface area contributed by atoms with Crippen molar-refractivity contribution < 1.29 is 24.1 Å². The first-order chi connectivity index (χ1) is 9.47. The van der Waals surface area contributed by atoms with Gasteiger partial charge in [-0.3, -0.25) is 4.79 Å². The number of ketones is 1. The number of carbonyl (C=O) groups excluding carboxylic acids is 1. The van der Waals surface area contributed by atoms with Gasteiger partial charge in [0.25, 0.3) is 0 Å². The van der Waals surface area contributed by atoms with Gasteiger partial charge in [0.2, 0.25) is 5.78 Å². The van der Waals surface area contributed by atoms with Crippen LogP contribution in [-0.4, -0.2) is 22.6 Å². The van der Waals surface area contributed by atoms with Gasteiger partial charge in [-0.15, -0.1) is 0 Å². The maximum Gasteiger partial charge on any atom is 0.203 e. The van der Waals surface area contributed by atoms with Gasteiger partial charge in [-0.1, -0.05) is 0 Å². The first-order valence-corrected chi connectivity index (χ1v) is 5.91. The van der Waals surface area contributed by atoms with Gasteiger partial charge in [0.05, 0.1) is 5.56 Å². The van der Waals surface area contributed by atoms with Crippen molar-refractivity contribution in [1.29, 1.82) is 0 Å². The summed E-state index contributed by atoms with van der Waals surface area (Å²) in [5.74, 6) is -0.858. The lowest BCUT2D eigenvalue weighted by atomic mass is 10.1. The molecule has 0 heterocycles. The number of carbonyl (C=O) groups is 1. The number of benzene rings is 2. The highest BCUT2D eigenvalue weighted by atomic mass is 19.1. The van der Waals surface area contributed by atoms with E-state index in [1.54, 1.807) is 6.92 Å². The fourth-order valence-corrected chi connectivity index (χ4v) is 1.69. The van der Waals surface area contributed by atoms with Gasteiger partial charge in [-0.25, -0.2) is 4.39 Å². The monoisotopic (exact) mass is 276 g/mol. The summed E-state index contributed by atoms with van der Waals surface area (Å²) in [6.45, 7) is 1.30. The van der Waals surface area contributed by atoms with Gasteiger partial charge >= 0.3 is 0 Å². The lowest BCUT2D eigenvalue weighted by molar-refractivity contribution is 0.0918. The van der Waals surface area contributed by atoms with Gasteiger partial charge in [0.1, 0.15) is 23.1 Å². The molecule has 2 aromatic carbocycles. The molecule has 0 fully saturated rings. The van der Waals surface area contributed by atoms with Gasteiger partial charge < -0.3 is 14.9 Å². The Hall–Kier alpha value is -2.56. The zero-order chi connectivity index (χ0) is 14.7. The van der Waals surface area contributed by atoms with E-state index < -0.39 is 5.78 Å². The standard InChI is InChI=1S/C15H13FO4/c1-9-6-11(3-5-13(9)16)20-8-15(19)12-4-2-10(17)7-14(12)18/h2-7,17-18H,8H2,1H3. The number of hydrogen-bond acceptors (Lipinski definition) is 4. The molecule has 0 unspecified atom stereocenters. The maximum absolute atomic E-state index is 13.1. The number of phenols is 2. The smallest absolute Gasteiger partial charge is 0.203 e. The maximum atomic E-state index is 13.1. The van der Waals surface area contributed by atoms with Crippen molar-refractivity contribution in [3.8, 4) is 17.2 Å². The molecule has 0 amide bonds. The largest absolute Gasteiger partial charge is 0.508 e. The van der Waals surface area contributed by atoms with Crippen molar-refractivity contribution in [2.45, 2.75) is 6.92 Å². The second kappa shape index (κ2) is 5.61. The number of Topliss-reactive ketones (excluding diaryl/α,β-unsaturated/α-hetero) is 1. The molecule has 5 heteroatoms. The van der Waals surface area contributed by atoms with E-state index in [-0.39, 0.29) is 29.5 Å². The van der Waals surface area contributed by atoms with E-state index in [2.05, 4.69) is 0 Å². The Labute approximate surface area is 115 Å². The van der Waals surface area contributed by atoms with Crippen molar-refractivity contribution >= 4 is 5.78 Å². The molecule has 0 aliphatic heterocycles. The summed E-state index contributed by atoms with van der Waals surface area (Å²) in [5, 5.41) is 18.7. The van der Waals surface area contributed by atoms with Crippen LogP contribution < -0.4 is 4.74 Å². The van der Waals surface area contributed by atoms with Crippen LogP contribution in [0.15, 0.2) is 36.4 Å². The Morgan fingerprint density at radius 2 is 1.95 bits per heavy atom. The molecule has 0 saturated carbocycles. The van der Waals surface area contributed by atoms with E-state index in [1.807, 2.05) is 0 Å². The van der Waals surface area contributed by atoms with Crippen molar-refractivity contribution in [1.82, 2.24) is 0 Å². The third kappa shape index (κ3) is 3.06. The summed E-state index contributed by atoms with van der Waals surface area (Å²) >= 11 is 0. The van der Waals surface area contributed by atoms with Gasteiger partial charge in [0, 0.05) is 6.07 Å². The lowest BCUT2D eigenvalue weighted by Crippen LogP contribution is -2.11. The molecule has 20 heavy (non-hydrogen) atoms. The molecule has 0 spiro atoms. The first kappa shape index (κ1) is 13.9. The highest BCUT2D eigenvalue weighted by Crippen LogP contribution is 2.23. The fraction of sp³-hybridized carbons (Fsp3) is 0.133. The molecule has 0 radical (unpaired) electrons. The number of halogens is 1. The quantitative estimate of drug-likeness (QED) is 0.843. The van der Waals surface area contributed by atoms with Crippen LogP contribution in [0.1, 0.15) is 15.9 Å². The molecule has 2 rings (SSSR count). The molecule has 0 atom stereocenters. The van der Waals surface area contributed by atoms with E-state index in [1.165, 1.54) is 30.3 Å². The van der Waals surface area contributed by atoms with E-state index >= 15 is 0 Å². The Morgan fingerprint density at radius 3 is 2.60 bits per heavy atom. The second-order valence-corrected chi connectivity index (χ2v) is 4.32. The average molecular weight is 276 g/mol. The predicted octanol–water partition coefficient (Wildman–Crippen LogP) is 2.81. The van der Waals surface area contributed by atoms with Gasteiger partial charge in [-0.2, -0.15) is 0 Å². The molecule has 0 saturated heterocycles. The minimum Gasteiger partial charge on any atom is -0.508 e. The van der Waals surface area contributed by atoms with E-state index in [4.69, 9.17) is 9.84 Å². The van der Waals surface area contributed by atoms with Crippen LogP contribution in [0.5, 0.6) is 17.2 Å². The molecule has 0 bridgehead atoms. The Bertz CT molecular complexity index is 652. The fourth-order valence-electron chi connectivity index (χ4n) is 1.69. The highest BCUT2D eigenvalue weighted by Gasteiger charge is 2.12. The van der Waals surface area contributed by atoms with Crippen LogP contribution in [0.25, 0.3) is 0 Å². The Morgan fingerprint density at radius 1 is 1.20 bits per heavy atom. The summed E-state index contributed by atoms with van der Waals surface area (Å²) < 4.78 is 18.3. The van der Waals surface area contributed by atoms with Crippen molar-refractivity contribution in [3.63, 3.8) is 0 Å². The van der Waals surface area contributed by atoms with E-state index in [9.17, 15) is 14.3 Å². The zero-order valence-corrected chi connectivity index (χ0v) is 10.8. The van der Waals surface area contributed by atoms with Crippen molar-refractivity contribution in [2.24, 2.45) is 0 Å². The summed E-state index contributed by atoms with van der Waals surface area (Å²) in [5.41, 5.74) is 0.476. The van der Waals surface area contributed by atoms with Crippen molar-refractivity contribution in [3.05, 3.63) is 53.3 Å². The number of aromatic hydroxyl groups is 2. The predicted molar refractivity (Wildman–Crippen MR) is 70.7 cm³/mol. The van der Waals surface area contributed by atoms with Gasteiger partial charge in [0.15, 0.2) is 6.61 Å². The van der Waals surface area contributed by atoms with Crippen molar-refractivity contribution in [2.75, 3.05) is 6.61 Å². The van der Waals surface area contributed by atoms with Crippen LogP contribution in [0, 0.1) is 12.7 Å². The minimum absolute atomic E-state index is 0.0571. The third-order valence-corrected chi connectivity index (χ3v) is 2.78. The molecular weight excluding hydrogens is 263 g/mol. The van der Waals surface area contributed by atoms with Crippen LogP contribution in [-0.2, 0) is 0 Å². The number of aryl methyl sites for hydroxylation is 1. The molecule has 104 valence electrons. The first-order valence-electron chi connectivity index (χ1n) is 5.91. The highest BCUT2D eigenvalue weighted by molar-refractivity contribution is 5.99. The summed E-state index contributed by atoms with van der Waals surface area (Å²) in [6.07, 6.45) is 0. The van der Waals surface area contributed by atoms with Crippen LogP contribution in [0.4, 0.5) is 4.39 Å². The molecule has 2 aromatic rings. The Kier molecular flexibility index (Phi) is 3.89. The number of phenolic OH excluding ortho intramolecular Hbond substituents is 2. The minimum atomic E-state index is -0.440. The second-order valence-electron chi connectivity index (χ2n) is 4.32. The summed E-state index contributed by atoms with van der Waals surface area (Å²) in [6, 6.07) is 7.86. The van der Waals surface area contributed by atoms with E-state index in [0.717, 1.165) is 6.07 Å². The van der Waals surface area contributed by atoms with Crippen LogP contribution in [0.2, 0.25) is 0 Å². The molecule has 0 aliphatic rings. The van der Waals surface area contributed by atoms with Crippen LogP contribution in [0.3, 0.4) is 0 Å². The van der Waals surface area contributed by atoms with E-state index in [0.29, 0.717) is 11.3 Å². The normalized spacial score (nSPS) is 10.3.